The van der Waals surface area contributed by atoms with E-state index in [2.05, 4.69) is 46.7 Å². The summed E-state index contributed by atoms with van der Waals surface area (Å²) in [5, 5.41) is 6.90. The maximum atomic E-state index is 3.51. The minimum atomic E-state index is 1.07. The van der Waals surface area contributed by atoms with Gasteiger partial charge in [0.05, 0.1) is 0 Å². The zero-order valence-corrected chi connectivity index (χ0v) is 12.1. The number of piperazine rings is 1. The molecule has 3 heteroatoms. The molecule has 0 aromatic heterocycles. The molecule has 0 bridgehead atoms. The van der Waals surface area contributed by atoms with Crippen molar-refractivity contribution in [3.8, 4) is 0 Å². The smallest absolute Gasteiger partial charge is 0.0340 e. The average molecular weight is 261 g/mol. The van der Waals surface area contributed by atoms with Crippen molar-refractivity contribution in [1.82, 2.24) is 10.2 Å². The lowest BCUT2D eigenvalue weighted by atomic mass is 10.1. The van der Waals surface area contributed by atoms with E-state index in [1.807, 2.05) is 0 Å². The molecule has 106 valence electrons. The summed E-state index contributed by atoms with van der Waals surface area (Å²) in [6.07, 6.45) is 3.62. The molecule has 0 atom stereocenters. The predicted octanol–water partition coefficient (Wildman–Crippen LogP) is 2.35. The summed E-state index contributed by atoms with van der Waals surface area (Å²) in [4.78, 5) is 2.54. The fourth-order valence-electron chi connectivity index (χ4n) is 2.55. The van der Waals surface area contributed by atoms with Crippen molar-refractivity contribution in [3.05, 3.63) is 29.8 Å². The number of hydrogen-bond acceptors (Lipinski definition) is 3. The second-order valence-electron chi connectivity index (χ2n) is 5.32. The van der Waals surface area contributed by atoms with Gasteiger partial charge >= 0.3 is 0 Å². The number of nitrogens with zero attached hydrogens (tertiary/aromatic N) is 1. The fraction of sp³-hybridized carbons (Fsp3) is 0.625. The Balaban J connectivity index is 1.62. The van der Waals surface area contributed by atoms with Gasteiger partial charge < -0.3 is 15.5 Å². The third-order valence-corrected chi connectivity index (χ3v) is 3.68. The molecule has 0 spiro atoms. The van der Waals surface area contributed by atoms with Gasteiger partial charge in [0.25, 0.3) is 0 Å². The molecule has 0 unspecified atom stereocenters. The van der Waals surface area contributed by atoms with E-state index in [4.69, 9.17) is 0 Å². The summed E-state index contributed by atoms with van der Waals surface area (Å²) in [5.41, 5.74) is 2.69. The first-order chi connectivity index (χ1) is 9.38. The molecule has 19 heavy (non-hydrogen) atoms. The van der Waals surface area contributed by atoms with Crippen LogP contribution in [-0.2, 0) is 6.42 Å². The van der Waals surface area contributed by atoms with Gasteiger partial charge in [0.1, 0.15) is 0 Å². The Bertz CT molecular complexity index is 342. The minimum absolute atomic E-state index is 1.07. The van der Waals surface area contributed by atoms with Crippen LogP contribution in [0.5, 0.6) is 0 Å². The highest BCUT2D eigenvalue weighted by atomic mass is 15.2. The van der Waals surface area contributed by atoms with Crippen LogP contribution in [0.15, 0.2) is 24.3 Å². The molecule has 1 aromatic carbocycles. The molecule has 1 aliphatic heterocycles. The maximum Gasteiger partial charge on any atom is 0.0340 e. The lowest BCUT2D eigenvalue weighted by Gasteiger charge is -2.27. The fourth-order valence-corrected chi connectivity index (χ4v) is 2.55. The van der Waals surface area contributed by atoms with Crippen LogP contribution in [0, 0.1) is 0 Å². The van der Waals surface area contributed by atoms with Crippen molar-refractivity contribution in [2.45, 2.75) is 26.2 Å². The van der Waals surface area contributed by atoms with Gasteiger partial charge in [-0.2, -0.15) is 0 Å². The topological polar surface area (TPSA) is 27.3 Å². The number of hydrogen-bond donors (Lipinski definition) is 2. The second-order valence-corrected chi connectivity index (χ2v) is 5.32. The summed E-state index contributed by atoms with van der Waals surface area (Å²) in [6, 6.07) is 8.88. The Morgan fingerprint density at radius 1 is 1.16 bits per heavy atom. The minimum Gasteiger partial charge on any atom is -0.385 e. The van der Waals surface area contributed by atoms with Crippen LogP contribution in [0.25, 0.3) is 0 Å². The van der Waals surface area contributed by atoms with Crippen molar-refractivity contribution < 1.29 is 0 Å². The van der Waals surface area contributed by atoms with Gasteiger partial charge in [-0.05, 0) is 37.1 Å². The lowest BCUT2D eigenvalue weighted by molar-refractivity contribution is 0.240. The summed E-state index contributed by atoms with van der Waals surface area (Å²) < 4.78 is 0. The highest BCUT2D eigenvalue weighted by Gasteiger charge is 2.07. The standard InChI is InChI=1S/C16H27N3/c1-2-4-15-5-7-16(8-6-15)18-9-3-12-19-13-10-17-11-14-19/h5-8,17-18H,2-4,9-14H2,1H3. The van der Waals surface area contributed by atoms with Crippen LogP contribution in [-0.4, -0.2) is 44.2 Å². The molecule has 0 amide bonds. The molecule has 0 saturated carbocycles. The molecule has 1 saturated heterocycles. The normalized spacial score (nSPS) is 16.5. The van der Waals surface area contributed by atoms with Crippen LogP contribution in [0.3, 0.4) is 0 Å². The van der Waals surface area contributed by atoms with Crippen molar-refractivity contribution >= 4 is 5.69 Å². The summed E-state index contributed by atoms with van der Waals surface area (Å²) in [6.45, 7) is 9.19. The molecule has 3 nitrogen and oxygen atoms in total. The highest BCUT2D eigenvalue weighted by Crippen LogP contribution is 2.11. The zero-order chi connectivity index (χ0) is 13.3. The molecule has 1 aromatic rings. The van der Waals surface area contributed by atoms with Crippen molar-refractivity contribution in [2.75, 3.05) is 44.6 Å². The number of nitrogens with one attached hydrogen (secondary N) is 2. The Hall–Kier alpha value is -1.06. The predicted molar refractivity (Wildman–Crippen MR) is 82.9 cm³/mol. The first kappa shape index (κ1) is 14.4. The molecule has 0 radical (unpaired) electrons. The first-order valence-electron chi connectivity index (χ1n) is 7.64. The molecule has 1 fully saturated rings. The van der Waals surface area contributed by atoms with Gasteiger partial charge in [0, 0.05) is 38.4 Å². The summed E-state index contributed by atoms with van der Waals surface area (Å²) >= 11 is 0. The summed E-state index contributed by atoms with van der Waals surface area (Å²) in [5.74, 6) is 0. The number of benzene rings is 1. The third-order valence-electron chi connectivity index (χ3n) is 3.68. The van der Waals surface area contributed by atoms with Gasteiger partial charge in [0.15, 0.2) is 0 Å². The SMILES string of the molecule is CCCc1ccc(NCCCN2CCNCC2)cc1. The van der Waals surface area contributed by atoms with Gasteiger partial charge in [-0.1, -0.05) is 25.5 Å². The van der Waals surface area contributed by atoms with E-state index >= 15 is 0 Å². The molecule has 2 rings (SSSR count). The Labute approximate surface area is 117 Å². The zero-order valence-electron chi connectivity index (χ0n) is 12.1. The van der Waals surface area contributed by atoms with E-state index in [-0.39, 0.29) is 0 Å². The van der Waals surface area contributed by atoms with E-state index in [0.717, 1.165) is 19.6 Å². The van der Waals surface area contributed by atoms with Crippen LogP contribution in [0.2, 0.25) is 0 Å². The highest BCUT2D eigenvalue weighted by molar-refractivity contribution is 5.44. The molecule has 1 heterocycles. The van der Waals surface area contributed by atoms with Crippen molar-refractivity contribution in [3.63, 3.8) is 0 Å². The average Bonchev–Trinajstić information content (AvgIpc) is 2.47. The van der Waals surface area contributed by atoms with E-state index in [1.165, 1.54) is 50.1 Å². The van der Waals surface area contributed by atoms with E-state index in [1.54, 1.807) is 0 Å². The van der Waals surface area contributed by atoms with Crippen molar-refractivity contribution in [2.24, 2.45) is 0 Å². The van der Waals surface area contributed by atoms with Gasteiger partial charge in [-0.15, -0.1) is 0 Å². The summed E-state index contributed by atoms with van der Waals surface area (Å²) in [7, 11) is 0. The quantitative estimate of drug-likeness (QED) is 0.738. The number of rotatable bonds is 7. The van der Waals surface area contributed by atoms with Gasteiger partial charge in [0.2, 0.25) is 0 Å². The van der Waals surface area contributed by atoms with E-state index in [0.29, 0.717) is 0 Å². The van der Waals surface area contributed by atoms with Crippen LogP contribution < -0.4 is 10.6 Å². The Morgan fingerprint density at radius 3 is 2.58 bits per heavy atom. The molecular weight excluding hydrogens is 234 g/mol. The maximum absolute atomic E-state index is 3.51. The van der Waals surface area contributed by atoms with Crippen molar-refractivity contribution in [1.29, 1.82) is 0 Å². The molecule has 1 aliphatic rings. The monoisotopic (exact) mass is 261 g/mol. The largest absolute Gasteiger partial charge is 0.385 e. The van der Waals surface area contributed by atoms with E-state index in [9.17, 15) is 0 Å². The van der Waals surface area contributed by atoms with Crippen LogP contribution in [0.4, 0.5) is 5.69 Å². The molecular formula is C16H27N3. The lowest BCUT2D eigenvalue weighted by Crippen LogP contribution is -2.44. The first-order valence-corrected chi connectivity index (χ1v) is 7.64. The molecule has 0 aliphatic carbocycles. The molecule has 2 N–H and O–H groups in total. The number of aryl methyl sites for hydroxylation is 1. The Morgan fingerprint density at radius 2 is 1.89 bits per heavy atom. The third kappa shape index (κ3) is 5.21. The number of anilines is 1. The van der Waals surface area contributed by atoms with Crippen LogP contribution in [0.1, 0.15) is 25.3 Å². The second kappa shape index (κ2) is 8.18. The van der Waals surface area contributed by atoms with Crippen LogP contribution >= 0.6 is 0 Å². The van der Waals surface area contributed by atoms with Gasteiger partial charge in [-0.25, -0.2) is 0 Å². The Kier molecular flexibility index (Phi) is 6.18. The van der Waals surface area contributed by atoms with Gasteiger partial charge in [-0.3, -0.25) is 0 Å². The van der Waals surface area contributed by atoms with E-state index < -0.39 is 0 Å².